The lowest BCUT2D eigenvalue weighted by molar-refractivity contribution is -0.396. The summed E-state index contributed by atoms with van der Waals surface area (Å²) in [6, 6.07) is 10.1. The molecule has 0 saturated heterocycles. The lowest BCUT2D eigenvalue weighted by Crippen LogP contribution is -2.14. The molecule has 0 spiro atoms. The van der Waals surface area contributed by atoms with E-state index in [9.17, 15) is 28.6 Å². The van der Waals surface area contributed by atoms with Gasteiger partial charge in [-0.3, -0.25) is 25.0 Å². The van der Waals surface area contributed by atoms with Crippen molar-refractivity contribution in [3.63, 3.8) is 0 Å². The number of para-hydroxylation sites is 1. The van der Waals surface area contributed by atoms with Gasteiger partial charge in [0.05, 0.1) is 15.9 Å². The number of benzene rings is 2. The first-order chi connectivity index (χ1) is 10.3. The van der Waals surface area contributed by atoms with E-state index in [-0.39, 0.29) is 5.69 Å². The summed E-state index contributed by atoms with van der Waals surface area (Å²) in [5.74, 6) is 0. The van der Waals surface area contributed by atoms with Crippen LogP contribution in [0.25, 0.3) is 0 Å². The van der Waals surface area contributed by atoms with E-state index in [0.29, 0.717) is 6.07 Å². The van der Waals surface area contributed by atoms with E-state index in [1.165, 1.54) is 12.1 Å². The van der Waals surface area contributed by atoms with Crippen molar-refractivity contribution in [1.82, 2.24) is 0 Å². The Kier molecular flexibility index (Phi) is 4.04. The zero-order chi connectivity index (χ0) is 16.3. The summed E-state index contributed by atoms with van der Waals surface area (Å²) in [4.78, 5) is 19.2. The summed E-state index contributed by atoms with van der Waals surface area (Å²) in [7, 11) is -4.25. The molecule has 0 unspecified atom stereocenters. The molecule has 0 atom stereocenters. The summed E-state index contributed by atoms with van der Waals surface area (Å²) < 4.78 is 26.6. The largest absolute Gasteiger partial charge is 0.296 e. The average Bonchev–Trinajstić information content (AvgIpc) is 2.47. The normalized spacial score (nSPS) is 10.9. The molecule has 0 aliphatic carbocycles. The van der Waals surface area contributed by atoms with Crippen molar-refractivity contribution in [2.24, 2.45) is 0 Å². The molecule has 114 valence electrons. The first-order valence-corrected chi connectivity index (χ1v) is 7.30. The number of hydrogen-bond donors (Lipinski definition) is 1. The van der Waals surface area contributed by atoms with Crippen LogP contribution in [-0.2, 0) is 10.0 Å². The molecule has 2 aromatic carbocycles. The summed E-state index contributed by atoms with van der Waals surface area (Å²) in [5.41, 5.74) is -1.21. The van der Waals surface area contributed by atoms with Crippen molar-refractivity contribution in [2.45, 2.75) is 4.90 Å². The second-order valence-electron chi connectivity index (χ2n) is 4.14. The van der Waals surface area contributed by atoms with Crippen LogP contribution < -0.4 is 4.72 Å². The van der Waals surface area contributed by atoms with Crippen molar-refractivity contribution in [2.75, 3.05) is 4.72 Å². The molecule has 0 heterocycles. The highest BCUT2D eigenvalue weighted by molar-refractivity contribution is 7.92. The Labute approximate surface area is 124 Å². The smallest absolute Gasteiger partial charge is 0.279 e. The lowest BCUT2D eigenvalue weighted by Gasteiger charge is -2.08. The van der Waals surface area contributed by atoms with Crippen LogP contribution in [0.2, 0.25) is 0 Å². The molecule has 22 heavy (non-hydrogen) atoms. The summed E-state index contributed by atoms with van der Waals surface area (Å²) in [5, 5.41) is 21.6. The van der Waals surface area contributed by atoms with E-state index in [1.54, 1.807) is 18.2 Å². The van der Waals surface area contributed by atoms with E-state index < -0.39 is 36.1 Å². The van der Waals surface area contributed by atoms with Crippen LogP contribution >= 0.6 is 0 Å². The fraction of sp³-hybridized carbons (Fsp3) is 0. The Balaban J connectivity index is 2.51. The van der Waals surface area contributed by atoms with Crippen LogP contribution in [0.1, 0.15) is 0 Å². The number of rotatable bonds is 5. The SMILES string of the molecule is O=[N+]([O-])c1ccc(S(=O)(=O)Nc2ccccc2)c([N+](=O)[O-])c1. The van der Waals surface area contributed by atoms with Gasteiger partial charge in [-0.25, -0.2) is 8.42 Å². The van der Waals surface area contributed by atoms with Crippen molar-refractivity contribution in [1.29, 1.82) is 0 Å². The molecular formula is C12H9N3O6S. The highest BCUT2D eigenvalue weighted by Crippen LogP contribution is 2.29. The number of anilines is 1. The molecule has 0 aromatic heterocycles. The van der Waals surface area contributed by atoms with Gasteiger partial charge in [-0.2, -0.15) is 0 Å². The molecule has 0 aliphatic heterocycles. The van der Waals surface area contributed by atoms with Crippen LogP contribution in [0.4, 0.5) is 17.1 Å². The van der Waals surface area contributed by atoms with E-state index >= 15 is 0 Å². The zero-order valence-corrected chi connectivity index (χ0v) is 11.7. The highest BCUT2D eigenvalue weighted by Gasteiger charge is 2.28. The van der Waals surface area contributed by atoms with Gasteiger partial charge < -0.3 is 0 Å². The summed E-state index contributed by atoms with van der Waals surface area (Å²) in [6.07, 6.45) is 0. The Morgan fingerprint density at radius 2 is 1.55 bits per heavy atom. The van der Waals surface area contributed by atoms with Gasteiger partial charge in [0.25, 0.3) is 21.4 Å². The Morgan fingerprint density at radius 1 is 0.909 bits per heavy atom. The van der Waals surface area contributed by atoms with E-state index in [2.05, 4.69) is 4.72 Å². The van der Waals surface area contributed by atoms with E-state index in [4.69, 9.17) is 0 Å². The third-order valence-corrected chi connectivity index (χ3v) is 4.09. The van der Waals surface area contributed by atoms with Crippen LogP contribution in [0, 0.1) is 20.2 Å². The number of nitrogens with zero attached hydrogens (tertiary/aromatic N) is 2. The highest BCUT2D eigenvalue weighted by atomic mass is 32.2. The van der Waals surface area contributed by atoms with Crippen molar-refractivity contribution in [3.05, 3.63) is 68.8 Å². The molecule has 0 radical (unpaired) electrons. The van der Waals surface area contributed by atoms with Crippen molar-refractivity contribution >= 4 is 27.1 Å². The van der Waals surface area contributed by atoms with Gasteiger partial charge in [0.2, 0.25) is 0 Å². The Hall–Kier alpha value is -3.01. The summed E-state index contributed by atoms with van der Waals surface area (Å²) >= 11 is 0. The topological polar surface area (TPSA) is 132 Å². The monoisotopic (exact) mass is 323 g/mol. The predicted molar refractivity (Wildman–Crippen MR) is 77.0 cm³/mol. The molecule has 0 amide bonds. The van der Waals surface area contributed by atoms with Crippen LogP contribution in [0.5, 0.6) is 0 Å². The Morgan fingerprint density at radius 3 is 2.09 bits per heavy atom. The van der Waals surface area contributed by atoms with Gasteiger partial charge in [-0.15, -0.1) is 0 Å². The predicted octanol–water partition coefficient (Wildman–Crippen LogP) is 2.30. The Bertz CT molecular complexity index is 835. The quantitative estimate of drug-likeness (QED) is 0.663. The van der Waals surface area contributed by atoms with Gasteiger partial charge in [-0.05, 0) is 18.2 Å². The number of nitro benzene ring substituents is 2. The van der Waals surface area contributed by atoms with Gasteiger partial charge in [0.1, 0.15) is 0 Å². The molecule has 0 bridgehead atoms. The average molecular weight is 323 g/mol. The minimum atomic E-state index is -4.25. The van der Waals surface area contributed by atoms with Gasteiger partial charge in [0, 0.05) is 11.8 Å². The van der Waals surface area contributed by atoms with Crippen molar-refractivity contribution in [3.8, 4) is 0 Å². The number of hydrogen-bond acceptors (Lipinski definition) is 6. The maximum absolute atomic E-state index is 12.2. The van der Waals surface area contributed by atoms with Crippen molar-refractivity contribution < 1.29 is 18.3 Å². The van der Waals surface area contributed by atoms with Gasteiger partial charge in [0.15, 0.2) is 4.90 Å². The molecule has 0 aliphatic rings. The molecule has 10 heteroatoms. The number of non-ortho nitro benzene ring substituents is 1. The molecule has 2 aromatic rings. The molecule has 1 N–H and O–H groups in total. The fourth-order valence-electron chi connectivity index (χ4n) is 1.71. The standard InChI is InChI=1S/C12H9N3O6S/c16-14(17)10-6-7-12(11(8-10)15(18)19)22(20,21)13-9-4-2-1-3-5-9/h1-8,13H. The third kappa shape index (κ3) is 3.17. The van der Waals surface area contributed by atoms with E-state index in [1.807, 2.05) is 0 Å². The maximum Gasteiger partial charge on any atom is 0.296 e. The molecule has 0 saturated carbocycles. The van der Waals surface area contributed by atoms with Gasteiger partial charge >= 0.3 is 0 Å². The number of sulfonamides is 1. The molecule has 9 nitrogen and oxygen atoms in total. The summed E-state index contributed by atoms with van der Waals surface area (Å²) in [6.45, 7) is 0. The maximum atomic E-state index is 12.2. The first-order valence-electron chi connectivity index (χ1n) is 5.82. The molecular weight excluding hydrogens is 314 g/mol. The van der Waals surface area contributed by atoms with E-state index in [0.717, 1.165) is 12.1 Å². The first kappa shape index (κ1) is 15.4. The van der Waals surface area contributed by atoms with Crippen LogP contribution in [-0.4, -0.2) is 18.3 Å². The lowest BCUT2D eigenvalue weighted by atomic mass is 10.3. The van der Waals surface area contributed by atoms with Crippen LogP contribution in [0.3, 0.4) is 0 Å². The minimum absolute atomic E-state index is 0.218. The third-order valence-electron chi connectivity index (χ3n) is 2.67. The minimum Gasteiger partial charge on any atom is -0.279 e. The second-order valence-corrected chi connectivity index (χ2v) is 5.79. The number of nitrogens with one attached hydrogen (secondary N) is 1. The fourth-order valence-corrected chi connectivity index (χ4v) is 2.92. The van der Waals surface area contributed by atoms with Gasteiger partial charge in [-0.1, -0.05) is 18.2 Å². The van der Waals surface area contributed by atoms with Crippen LogP contribution in [0.15, 0.2) is 53.4 Å². The second kappa shape index (κ2) is 5.77. The molecule has 2 rings (SSSR count). The molecule has 0 fully saturated rings. The number of nitro groups is 2. The zero-order valence-electron chi connectivity index (χ0n) is 10.9.